The number of fused-ring (bicyclic) bond motifs is 1. The molecule has 0 radical (unpaired) electrons. The predicted octanol–water partition coefficient (Wildman–Crippen LogP) is 3.09. The van der Waals surface area contributed by atoms with Crippen molar-refractivity contribution in [3.05, 3.63) is 42.2 Å². The third-order valence-corrected chi connectivity index (χ3v) is 4.02. The van der Waals surface area contributed by atoms with E-state index >= 15 is 0 Å². The molecule has 0 bridgehead atoms. The maximum absolute atomic E-state index is 11.2. The van der Waals surface area contributed by atoms with Crippen LogP contribution < -0.4 is 9.47 Å². The number of hydrogen-bond donors (Lipinski definition) is 1. The number of carboxylic acid groups (broad SMARTS) is 1. The zero-order valence-corrected chi connectivity index (χ0v) is 11.9. The first-order valence-electron chi connectivity index (χ1n) is 6.49. The van der Waals surface area contributed by atoms with Gasteiger partial charge in [0.25, 0.3) is 0 Å². The van der Waals surface area contributed by atoms with Gasteiger partial charge in [-0.15, -0.1) is 0 Å². The minimum absolute atomic E-state index is 0.189. The summed E-state index contributed by atoms with van der Waals surface area (Å²) in [4.78, 5) is 16.6. The fourth-order valence-electron chi connectivity index (χ4n) is 1.97. The van der Waals surface area contributed by atoms with E-state index in [1.807, 2.05) is 18.2 Å². The van der Waals surface area contributed by atoms with Crippen LogP contribution in [0.5, 0.6) is 11.5 Å². The van der Waals surface area contributed by atoms with Crippen molar-refractivity contribution in [1.82, 2.24) is 4.98 Å². The minimum atomic E-state index is -0.986. The molecule has 108 valence electrons. The molecule has 1 aromatic heterocycles. The number of ether oxygens (including phenoxy) is 2. The second-order valence-electron chi connectivity index (χ2n) is 4.44. The van der Waals surface area contributed by atoms with E-state index in [0.29, 0.717) is 23.9 Å². The fraction of sp³-hybridized carbons (Fsp3) is 0.200. The summed E-state index contributed by atoms with van der Waals surface area (Å²) < 4.78 is 11.2. The normalized spacial score (nSPS) is 13.5. The van der Waals surface area contributed by atoms with Crippen molar-refractivity contribution in [3.8, 4) is 11.5 Å². The molecule has 0 amide bonds. The molecule has 0 spiro atoms. The van der Waals surface area contributed by atoms with Crippen molar-refractivity contribution in [3.63, 3.8) is 0 Å². The van der Waals surface area contributed by atoms with Gasteiger partial charge < -0.3 is 14.6 Å². The molecule has 2 heterocycles. The van der Waals surface area contributed by atoms with Crippen LogP contribution in [-0.2, 0) is 0 Å². The van der Waals surface area contributed by atoms with Crippen LogP contribution in [0.1, 0.15) is 16.8 Å². The minimum Gasteiger partial charge on any atom is -0.490 e. The van der Waals surface area contributed by atoms with Crippen LogP contribution in [0, 0.1) is 0 Å². The van der Waals surface area contributed by atoms with Crippen molar-refractivity contribution < 1.29 is 19.4 Å². The van der Waals surface area contributed by atoms with Gasteiger partial charge in [-0.1, -0.05) is 11.8 Å². The van der Waals surface area contributed by atoms with Crippen LogP contribution in [0.15, 0.2) is 46.5 Å². The first-order valence-corrected chi connectivity index (χ1v) is 7.30. The molecule has 1 aliphatic rings. The number of aromatic nitrogens is 1. The molecule has 0 unspecified atom stereocenters. The third kappa shape index (κ3) is 3.11. The van der Waals surface area contributed by atoms with Crippen LogP contribution in [0.2, 0.25) is 0 Å². The number of carbonyl (C=O) groups is 1. The monoisotopic (exact) mass is 303 g/mol. The van der Waals surface area contributed by atoms with Crippen molar-refractivity contribution in [2.75, 3.05) is 13.2 Å². The Bertz CT molecular complexity index is 674. The number of hydrogen-bond acceptors (Lipinski definition) is 5. The molecular formula is C15H13NO4S. The van der Waals surface area contributed by atoms with Crippen molar-refractivity contribution in [2.45, 2.75) is 16.2 Å². The van der Waals surface area contributed by atoms with Gasteiger partial charge in [0.05, 0.1) is 18.8 Å². The lowest BCUT2D eigenvalue weighted by molar-refractivity contribution is 0.0692. The van der Waals surface area contributed by atoms with E-state index in [-0.39, 0.29) is 5.56 Å². The van der Waals surface area contributed by atoms with E-state index in [2.05, 4.69) is 4.98 Å². The topological polar surface area (TPSA) is 68.7 Å². The molecule has 2 aromatic rings. The highest BCUT2D eigenvalue weighted by molar-refractivity contribution is 7.99. The Morgan fingerprint density at radius 1 is 1.19 bits per heavy atom. The largest absolute Gasteiger partial charge is 0.490 e. The second-order valence-corrected chi connectivity index (χ2v) is 5.55. The summed E-state index contributed by atoms with van der Waals surface area (Å²) in [6.07, 6.45) is 3.79. The average molecular weight is 303 g/mol. The Morgan fingerprint density at radius 2 is 2.00 bits per heavy atom. The van der Waals surface area contributed by atoms with Crippen LogP contribution in [0.4, 0.5) is 0 Å². The van der Waals surface area contributed by atoms with E-state index in [0.717, 1.165) is 17.1 Å². The number of benzene rings is 1. The smallest absolute Gasteiger partial charge is 0.338 e. The third-order valence-electron chi connectivity index (χ3n) is 2.96. The molecule has 0 atom stereocenters. The zero-order chi connectivity index (χ0) is 14.7. The van der Waals surface area contributed by atoms with Crippen LogP contribution >= 0.6 is 11.8 Å². The van der Waals surface area contributed by atoms with E-state index in [4.69, 9.17) is 9.47 Å². The number of nitrogens with zero attached hydrogens (tertiary/aromatic N) is 1. The van der Waals surface area contributed by atoms with Gasteiger partial charge >= 0.3 is 5.97 Å². The van der Waals surface area contributed by atoms with Crippen molar-refractivity contribution in [1.29, 1.82) is 0 Å². The molecule has 5 nitrogen and oxygen atoms in total. The Balaban J connectivity index is 1.89. The molecule has 0 saturated heterocycles. The highest BCUT2D eigenvalue weighted by Crippen LogP contribution is 2.37. The van der Waals surface area contributed by atoms with Crippen molar-refractivity contribution >= 4 is 17.7 Å². The van der Waals surface area contributed by atoms with E-state index in [1.165, 1.54) is 18.0 Å². The lowest BCUT2D eigenvalue weighted by Crippen LogP contribution is -1.99. The molecule has 1 aromatic carbocycles. The van der Waals surface area contributed by atoms with Gasteiger partial charge in [-0.2, -0.15) is 0 Å². The van der Waals surface area contributed by atoms with E-state index in [9.17, 15) is 9.90 Å². The molecule has 21 heavy (non-hydrogen) atoms. The first-order chi connectivity index (χ1) is 10.2. The lowest BCUT2D eigenvalue weighted by atomic mass is 10.3. The highest BCUT2D eigenvalue weighted by atomic mass is 32.2. The quantitative estimate of drug-likeness (QED) is 0.939. The molecule has 0 saturated carbocycles. The van der Waals surface area contributed by atoms with Gasteiger partial charge in [-0.05, 0) is 24.3 Å². The highest BCUT2D eigenvalue weighted by Gasteiger charge is 2.14. The van der Waals surface area contributed by atoms with Gasteiger partial charge in [0, 0.05) is 28.6 Å². The number of carboxylic acids is 1. The van der Waals surface area contributed by atoms with Gasteiger partial charge in [0.15, 0.2) is 11.5 Å². The Hall–Kier alpha value is -2.21. The summed E-state index contributed by atoms with van der Waals surface area (Å²) in [6, 6.07) is 7.31. The Kier molecular flexibility index (Phi) is 3.96. The Labute approximate surface area is 125 Å². The van der Waals surface area contributed by atoms with Crippen LogP contribution in [0.3, 0.4) is 0 Å². The summed E-state index contributed by atoms with van der Waals surface area (Å²) in [6.45, 7) is 1.27. The SMILES string of the molecule is O=C(O)c1cnccc1Sc1ccc2c(c1)OCCCO2. The lowest BCUT2D eigenvalue weighted by Gasteiger charge is -2.10. The van der Waals surface area contributed by atoms with Gasteiger partial charge in [-0.25, -0.2) is 4.79 Å². The summed E-state index contributed by atoms with van der Waals surface area (Å²) >= 11 is 1.37. The summed E-state index contributed by atoms with van der Waals surface area (Å²) in [5.41, 5.74) is 0.189. The predicted molar refractivity (Wildman–Crippen MR) is 77.4 cm³/mol. The van der Waals surface area contributed by atoms with E-state index in [1.54, 1.807) is 12.3 Å². The number of aromatic carboxylic acids is 1. The average Bonchev–Trinajstić information content (AvgIpc) is 2.72. The zero-order valence-electron chi connectivity index (χ0n) is 11.1. The Morgan fingerprint density at radius 3 is 2.81 bits per heavy atom. The van der Waals surface area contributed by atoms with Crippen molar-refractivity contribution in [2.24, 2.45) is 0 Å². The van der Waals surface area contributed by atoms with Gasteiger partial charge in [-0.3, -0.25) is 4.98 Å². The molecule has 1 N–H and O–H groups in total. The first kappa shape index (κ1) is 13.8. The maximum Gasteiger partial charge on any atom is 0.338 e. The summed E-state index contributed by atoms with van der Waals surface area (Å²) in [5.74, 6) is 0.438. The molecule has 3 rings (SSSR count). The summed E-state index contributed by atoms with van der Waals surface area (Å²) in [7, 11) is 0. The molecule has 6 heteroatoms. The van der Waals surface area contributed by atoms with Crippen LogP contribution in [0.25, 0.3) is 0 Å². The van der Waals surface area contributed by atoms with Crippen LogP contribution in [-0.4, -0.2) is 29.3 Å². The molecule has 0 aliphatic carbocycles. The maximum atomic E-state index is 11.2. The summed E-state index contributed by atoms with van der Waals surface area (Å²) in [5, 5.41) is 9.17. The second kappa shape index (κ2) is 6.05. The van der Waals surface area contributed by atoms with E-state index < -0.39 is 5.97 Å². The molecular weight excluding hydrogens is 290 g/mol. The number of rotatable bonds is 3. The fourth-order valence-corrected chi connectivity index (χ4v) is 2.90. The molecule has 1 aliphatic heterocycles. The number of pyridine rings is 1. The molecule has 0 fully saturated rings. The van der Waals surface area contributed by atoms with Gasteiger partial charge in [0.1, 0.15) is 0 Å². The standard InChI is InChI=1S/C15H13NO4S/c17-15(18)11-9-16-5-4-14(11)21-10-2-3-12-13(8-10)20-7-1-6-19-12/h2-5,8-9H,1,6-7H2,(H,17,18). The van der Waals surface area contributed by atoms with Gasteiger partial charge in [0.2, 0.25) is 0 Å².